The first-order chi connectivity index (χ1) is 16.7. The van der Waals surface area contributed by atoms with Gasteiger partial charge in [0.15, 0.2) is 0 Å². The second-order valence-corrected chi connectivity index (χ2v) is 9.53. The lowest BCUT2D eigenvalue weighted by molar-refractivity contribution is -0.139. The van der Waals surface area contributed by atoms with Crippen molar-refractivity contribution in [2.45, 2.75) is 19.4 Å². The number of amides is 1. The molecule has 1 aromatic heterocycles. The summed E-state index contributed by atoms with van der Waals surface area (Å²) in [6.07, 6.45) is 2.16. The quantitative estimate of drug-likeness (QED) is 0.277. The molecule has 1 atom stereocenters. The number of aromatic nitrogens is 2. The van der Waals surface area contributed by atoms with E-state index in [1.54, 1.807) is 29.8 Å². The van der Waals surface area contributed by atoms with E-state index in [2.05, 4.69) is 5.10 Å². The van der Waals surface area contributed by atoms with Crippen molar-refractivity contribution in [3.63, 3.8) is 0 Å². The highest BCUT2D eigenvalue weighted by Gasteiger charge is 2.46. The SMILES string of the molecule is Cc1c(/C(O)=C2\C(=O)C(=O)N(CCCN(C)C)C2c2ccc(Cl)c(Cl)c2)cnn1-c1ccccc1. The Kier molecular flexibility index (Phi) is 7.31. The van der Waals surface area contributed by atoms with Crippen LogP contribution in [-0.4, -0.2) is 63.6 Å². The van der Waals surface area contributed by atoms with Crippen molar-refractivity contribution in [1.29, 1.82) is 0 Å². The third-order valence-corrected chi connectivity index (χ3v) is 6.81. The minimum Gasteiger partial charge on any atom is -0.507 e. The van der Waals surface area contributed by atoms with E-state index in [9.17, 15) is 14.7 Å². The number of halogens is 2. The molecule has 1 aliphatic heterocycles. The fourth-order valence-electron chi connectivity index (χ4n) is 4.31. The highest BCUT2D eigenvalue weighted by atomic mass is 35.5. The molecule has 0 bridgehead atoms. The van der Waals surface area contributed by atoms with E-state index in [4.69, 9.17) is 23.2 Å². The zero-order chi connectivity index (χ0) is 25.3. The highest BCUT2D eigenvalue weighted by molar-refractivity contribution is 6.46. The molecule has 3 aromatic rings. The second-order valence-electron chi connectivity index (χ2n) is 8.71. The van der Waals surface area contributed by atoms with Crippen LogP contribution >= 0.6 is 23.2 Å². The summed E-state index contributed by atoms with van der Waals surface area (Å²) in [4.78, 5) is 29.9. The van der Waals surface area contributed by atoms with Crippen molar-refractivity contribution < 1.29 is 14.7 Å². The molecule has 1 amide bonds. The normalized spacial score (nSPS) is 17.5. The standard InChI is InChI=1S/C26H26Cl2N4O3/c1-16-19(15-29-32(16)18-8-5-4-6-9-18)24(33)22-23(17-10-11-20(27)21(28)14-17)31(26(35)25(22)34)13-7-12-30(2)3/h4-6,8-11,14-15,23,33H,7,12-13H2,1-3H3/b24-22+. The van der Waals surface area contributed by atoms with Crippen LogP contribution in [0.2, 0.25) is 10.0 Å². The molecule has 0 saturated carbocycles. The predicted molar refractivity (Wildman–Crippen MR) is 137 cm³/mol. The Morgan fingerprint density at radius 2 is 1.80 bits per heavy atom. The lowest BCUT2D eigenvalue weighted by atomic mass is 9.95. The van der Waals surface area contributed by atoms with E-state index in [0.717, 1.165) is 12.2 Å². The van der Waals surface area contributed by atoms with E-state index in [1.807, 2.05) is 49.3 Å². The number of carbonyl (C=O) groups excluding carboxylic acids is 2. The van der Waals surface area contributed by atoms with Crippen LogP contribution < -0.4 is 0 Å². The van der Waals surface area contributed by atoms with Crippen LogP contribution in [0.15, 0.2) is 60.3 Å². The number of aliphatic hydroxyl groups excluding tert-OH is 1. The molecule has 1 unspecified atom stereocenters. The molecule has 1 saturated heterocycles. The maximum Gasteiger partial charge on any atom is 0.295 e. The molecule has 0 aliphatic carbocycles. The van der Waals surface area contributed by atoms with Crippen LogP contribution in [0.3, 0.4) is 0 Å². The van der Waals surface area contributed by atoms with Crippen molar-refractivity contribution >= 4 is 40.7 Å². The number of benzene rings is 2. The van der Waals surface area contributed by atoms with Crippen molar-refractivity contribution in [2.24, 2.45) is 0 Å². The third-order valence-electron chi connectivity index (χ3n) is 6.07. The first-order valence-corrected chi connectivity index (χ1v) is 11.9. The molecular formula is C26H26Cl2N4O3. The van der Waals surface area contributed by atoms with Crippen molar-refractivity contribution in [1.82, 2.24) is 19.6 Å². The zero-order valence-corrected chi connectivity index (χ0v) is 21.2. The topological polar surface area (TPSA) is 78.7 Å². The van der Waals surface area contributed by atoms with Crippen LogP contribution in [0.4, 0.5) is 0 Å². The van der Waals surface area contributed by atoms with E-state index in [0.29, 0.717) is 39.8 Å². The van der Waals surface area contributed by atoms with Gasteiger partial charge in [-0.05, 0) is 63.8 Å². The summed E-state index contributed by atoms with van der Waals surface area (Å²) in [6.45, 7) is 2.88. The molecule has 2 heterocycles. The molecule has 9 heteroatoms. The number of Topliss-reactive ketones (excluding diaryl/α,β-unsaturated/α-hetero) is 1. The van der Waals surface area contributed by atoms with Gasteiger partial charge in [-0.3, -0.25) is 9.59 Å². The van der Waals surface area contributed by atoms with Gasteiger partial charge in [0.2, 0.25) is 0 Å². The van der Waals surface area contributed by atoms with Gasteiger partial charge in [-0.25, -0.2) is 4.68 Å². The molecule has 7 nitrogen and oxygen atoms in total. The highest BCUT2D eigenvalue weighted by Crippen LogP contribution is 2.41. The first-order valence-electron chi connectivity index (χ1n) is 11.2. The van der Waals surface area contributed by atoms with Crippen LogP contribution in [0.1, 0.15) is 29.3 Å². The van der Waals surface area contributed by atoms with Gasteiger partial charge in [-0.2, -0.15) is 5.10 Å². The van der Waals surface area contributed by atoms with Crippen LogP contribution in [-0.2, 0) is 9.59 Å². The second kappa shape index (κ2) is 10.2. The summed E-state index contributed by atoms with van der Waals surface area (Å²) in [5.74, 6) is -1.67. The van der Waals surface area contributed by atoms with Crippen molar-refractivity contribution in [3.8, 4) is 5.69 Å². The van der Waals surface area contributed by atoms with Crippen LogP contribution in [0.5, 0.6) is 0 Å². The average Bonchev–Trinajstić information content (AvgIpc) is 3.33. The minimum atomic E-state index is -0.800. The number of para-hydroxylation sites is 1. The maximum absolute atomic E-state index is 13.2. The number of hydrogen-bond acceptors (Lipinski definition) is 5. The fourth-order valence-corrected chi connectivity index (χ4v) is 4.62. The number of nitrogens with zero attached hydrogens (tertiary/aromatic N) is 4. The number of rotatable bonds is 7. The molecule has 4 rings (SSSR count). The van der Waals surface area contributed by atoms with Gasteiger partial charge in [0.25, 0.3) is 11.7 Å². The summed E-state index contributed by atoms with van der Waals surface area (Å²) >= 11 is 12.4. The molecule has 182 valence electrons. The molecule has 1 fully saturated rings. The largest absolute Gasteiger partial charge is 0.507 e. The molecule has 2 aromatic carbocycles. The van der Waals surface area contributed by atoms with Crippen molar-refractivity contribution in [3.05, 3.63) is 87.2 Å². The van der Waals surface area contributed by atoms with Crippen molar-refractivity contribution in [2.75, 3.05) is 27.2 Å². The zero-order valence-electron chi connectivity index (χ0n) is 19.7. The molecule has 0 spiro atoms. The van der Waals surface area contributed by atoms with E-state index in [-0.39, 0.29) is 11.3 Å². The predicted octanol–water partition coefficient (Wildman–Crippen LogP) is 4.86. The number of aliphatic hydroxyl groups is 1. The maximum atomic E-state index is 13.2. The monoisotopic (exact) mass is 512 g/mol. The van der Waals surface area contributed by atoms with Gasteiger partial charge >= 0.3 is 0 Å². The van der Waals surface area contributed by atoms with E-state index >= 15 is 0 Å². The van der Waals surface area contributed by atoms with Crippen LogP contribution in [0.25, 0.3) is 11.4 Å². The smallest absolute Gasteiger partial charge is 0.295 e. The fraction of sp³-hybridized carbons (Fsp3) is 0.269. The van der Waals surface area contributed by atoms with Gasteiger partial charge in [-0.15, -0.1) is 0 Å². The van der Waals surface area contributed by atoms with Gasteiger partial charge in [0.1, 0.15) is 5.76 Å². The Bertz CT molecular complexity index is 1300. The molecule has 1 aliphatic rings. The number of carbonyl (C=O) groups is 2. The van der Waals surface area contributed by atoms with Gasteiger partial charge in [0, 0.05) is 6.54 Å². The lowest BCUT2D eigenvalue weighted by Crippen LogP contribution is -2.32. The Balaban J connectivity index is 1.83. The summed E-state index contributed by atoms with van der Waals surface area (Å²) in [5, 5.41) is 16.5. The van der Waals surface area contributed by atoms with E-state index in [1.165, 1.54) is 11.1 Å². The third kappa shape index (κ3) is 4.85. The van der Waals surface area contributed by atoms with Crippen LogP contribution in [0, 0.1) is 6.92 Å². The Morgan fingerprint density at radius 1 is 1.09 bits per heavy atom. The summed E-state index contributed by atoms with van der Waals surface area (Å²) in [7, 11) is 3.88. The van der Waals surface area contributed by atoms with Gasteiger partial charge in [0.05, 0.1) is 44.8 Å². The summed E-state index contributed by atoms with van der Waals surface area (Å²) in [5.41, 5.74) is 2.44. The summed E-state index contributed by atoms with van der Waals surface area (Å²) in [6, 6.07) is 13.6. The summed E-state index contributed by atoms with van der Waals surface area (Å²) < 4.78 is 1.68. The van der Waals surface area contributed by atoms with E-state index < -0.39 is 17.7 Å². The first kappa shape index (κ1) is 25.0. The molecule has 1 N–H and O–H groups in total. The Hall–Kier alpha value is -3.13. The van der Waals surface area contributed by atoms with Gasteiger partial charge in [-0.1, -0.05) is 47.5 Å². The molecular weight excluding hydrogens is 487 g/mol. The van der Waals surface area contributed by atoms with Gasteiger partial charge < -0.3 is 14.9 Å². The Labute approximate surface area is 214 Å². The minimum absolute atomic E-state index is 0.00829. The number of hydrogen-bond donors (Lipinski definition) is 1. The molecule has 35 heavy (non-hydrogen) atoms. The molecule has 0 radical (unpaired) electrons. The number of ketones is 1. The lowest BCUT2D eigenvalue weighted by Gasteiger charge is -2.26. The number of likely N-dealkylation sites (tertiary alicyclic amines) is 1. The Morgan fingerprint density at radius 3 is 2.46 bits per heavy atom. The average molecular weight is 513 g/mol.